The van der Waals surface area contributed by atoms with E-state index in [-0.39, 0.29) is 0 Å². The van der Waals surface area contributed by atoms with Crippen LogP contribution < -0.4 is 0 Å². The third-order valence-electron chi connectivity index (χ3n) is 2.16. The molecule has 0 N–H and O–H groups in total. The number of nitriles is 1. The maximum Gasteiger partial charge on any atom is 0.0995 e. The van der Waals surface area contributed by atoms with E-state index in [1.54, 1.807) is 0 Å². The Labute approximate surface area is 80.1 Å². The lowest BCUT2D eigenvalue weighted by Crippen LogP contribution is -1.87. The van der Waals surface area contributed by atoms with Gasteiger partial charge in [0.15, 0.2) is 0 Å². The van der Waals surface area contributed by atoms with Crippen molar-refractivity contribution in [2.75, 3.05) is 0 Å². The molecular formula is C10H8BrN. The van der Waals surface area contributed by atoms with Crippen molar-refractivity contribution >= 4 is 15.9 Å². The molecule has 0 bridgehead atoms. The lowest BCUT2D eigenvalue weighted by Gasteiger charge is -2.03. The van der Waals surface area contributed by atoms with Gasteiger partial charge in [0.2, 0.25) is 0 Å². The molecule has 0 unspecified atom stereocenters. The summed E-state index contributed by atoms with van der Waals surface area (Å²) in [5.41, 5.74) is 2.03. The van der Waals surface area contributed by atoms with E-state index >= 15 is 0 Å². The molecule has 1 aliphatic carbocycles. The molecule has 2 heteroatoms. The minimum Gasteiger partial charge on any atom is -0.192 e. The first-order valence-corrected chi connectivity index (χ1v) is 4.80. The minimum atomic E-state index is 0.634. The van der Waals surface area contributed by atoms with Crippen molar-refractivity contribution in [1.82, 2.24) is 0 Å². The van der Waals surface area contributed by atoms with Crippen LogP contribution in [0.2, 0.25) is 0 Å². The van der Waals surface area contributed by atoms with E-state index in [4.69, 9.17) is 5.26 Å². The summed E-state index contributed by atoms with van der Waals surface area (Å²) in [7, 11) is 0. The number of hydrogen-bond acceptors (Lipinski definition) is 1. The van der Waals surface area contributed by atoms with Crippen molar-refractivity contribution < 1.29 is 0 Å². The summed E-state index contributed by atoms with van der Waals surface area (Å²) in [5.74, 6) is 0.634. The summed E-state index contributed by atoms with van der Waals surface area (Å²) in [5, 5.41) is 8.85. The van der Waals surface area contributed by atoms with Gasteiger partial charge >= 0.3 is 0 Å². The third kappa shape index (κ3) is 1.25. The topological polar surface area (TPSA) is 23.8 Å². The quantitative estimate of drug-likeness (QED) is 0.715. The van der Waals surface area contributed by atoms with E-state index in [1.807, 2.05) is 18.2 Å². The average Bonchev–Trinajstić information content (AvgIpc) is 2.87. The van der Waals surface area contributed by atoms with Crippen LogP contribution in [0.4, 0.5) is 0 Å². The molecule has 0 atom stereocenters. The first-order chi connectivity index (χ1) is 5.83. The van der Waals surface area contributed by atoms with Crippen LogP contribution in [0.25, 0.3) is 0 Å². The van der Waals surface area contributed by atoms with Crippen molar-refractivity contribution in [3.05, 3.63) is 33.8 Å². The summed E-state index contributed by atoms with van der Waals surface area (Å²) >= 11 is 3.48. The van der Waals surface area contributed by atoms with E-state index in [9.17, 15) is 0 Å². The molecule has 0 amide bonds. The zero-order valence-corrected chi connectivity index (χ0v) is 8.13. The number of halogens is 1. The van der Waals surface area contributed by atoms with Gasteiger partial charge in [0, 0.05) is 4.47 Å². The number of nitrogens with zero attached hydrogens (tertiary/aromatic N) is 1. The zero-order chi connectivity index (χ0) is 8.55. The Morgan fingerprint density at radius 2 is 2.17 bits per heavy atom. The second-order valence-electron chi connectivity index (χ2n) is 3.09. The van der Waals surface area contributed by atoms with Crippen LogP contribution in [-0.2, 0) is 0 Å². The van der Waals surface area contributed by atoms with Gasteiger partial charge in [0.1, 0.15) is 0 Å². The van der Waals surface area contributed by atoms with Crippen LogP contribution in [0.5, 0.6) is 0 Å². The Hall–Kier alpha value is -0.810. The molecule has 0 radical (unpaired) electrons. The molecule has 0 spiro atoms. The lowest BCUT2D eigenvalue weighted by molar-refractivity contribution is 1.10. The van der Waals surface area contributed by atoms with E-state index in [0.29, 0.717) is 5.92 Å². The standard InChI is InChI=1S/C10H8BrN/c11-9-3-1-2-8(6-12)10(9)7-4-5-7/h1-3,7H,4-5H2. The SMILES string of the molecule is N#Cc1cccc(Br)c1C1CC1. The first kappa shape index (κ1) is 7.82. The molecule has 1 fully saturated rings. The second-order valence-corrected chi connectivity index (χ2v) is 3.94. The maximum absolute atomic E-state index is 8.85. The number of benzene rings is 1. The predicted molar refractivity (Wildman–Crippen MR) is 50.8 cm³/mol. The summed E-state index contributed by atoms with van der Waals surface area (Å²) in [6.07, 6.45) is 2.47. The van der Waals surface area contributed by atoms with E-state index in [0.717, 1.165) is 10.0 Å². The largest absolute Gasteiger partial charge is 0.192 e. The number of rotatable bonds is 1. The van der Waals surface area contributed by atoms with Gasteiger partial charge in [0.25, 0.3) is 0 Å². The molecule has 12 heavy (non-hydrogen) atoms. The highest BCUT2D eigenvalue weighted by Crippen LogP contribution is 2.44. The summed E-state index contributed by atoms with van der Waals surface area (Å²) in [6, 6.07) is 8.03. The van der Waals surface area contributed by atoms with Crippen molar-refractivity contribution in [3.63, 3.8) is 0 Å². The van der Waals surface area contributed by atoms with Crippen LogP contribution in [-0.4, -0.2) is 0 Å². The van der Waals surface area contributed by atoms with Gasteiger partial charge in [-0.05, 0) is 36.5 Å². The molecule has 0 aliphatic heterocycles. The molecule has 60 valence electrons. The van der Waals surface area contributed by atoms with Crippen LogP contribution in [0.15, 0.2) is 22.7 Å². The van der Waals surface area contributed by atoms with Gasteiger partial charge in [-0.3, -0.25) is 0 Å². The zero-order valence-electron chi connectivity index (χ0n) is 6.55. The second kappa shape index (κ2) is 2.91. The van der Waals surface area contributed by atoms with Crippen molar-refractivity contribution in [2.45, 2.75) is 18.8 Å². The molecule has 1 nitrogen and oxygen atoms in total. The highest BCUT2D eigenvalue weighted by atomic mass is 79.9. The average molecular weight is 222 g/mol. The summed E-state index contributed by atoms with van der Waals surface area (Å²) in [6.45, 7) is 0. The van der Waals surface area contributed by atoms with E-state index in [1.165, 1.54) is 18.4 Å². The molecule has 1 aliphatic rings. The molecule has 0 saturated heterocycles. The van der Waals surface area contributed by atoms with Gasteiger partial charge in [-0.2, -0.15) is 5.26 Å². The Bertz CT molecular complexity index is 347. The molecule has 0 heterocycles. The molecular weight excluding hydrogens is 214 g/mol. The molecule has 1 aromatic rings. The Kier molecular flexibility index (Phi) is 1.90. The Morgan fingerprint density at radius 3 is 2.75 bits per heavy atom. The fraction of sp³-hybridized carbons (Fsp3) is 0.300. The fourth-order valence-corrected chi connectivity index (χ4v) is 2.11. The van der Waals surface area contributed by atoms with Crippen molar-refractivity contribution in [2.24, 2.45) is 0 Å². The Balaban J connectivity index is 2.54. The molecule has 0 aromatic heterocycles. The highest BCUT2D eigenvalue weighted by molar-refractivity contribution is 9.10. The van der Waals surface area contributed by atoms with Gasteiger partial charge in [-0.15, -0.1) is 0 Å². The van der Waals surface area contributed by atoms with Crippen LogP contribution in [0.1, 0.15) is 29.9 Å². The van der Waals surface area contributed by atoms with Crippen LogP contribution >= 0.6 is 15.9 Å². The maximum atomic E-state index is 8.85. The van der Waals surface area contributed by atoms with Gasteiger partial charge in [0.05, 0.1) is 11.6 Å². The fourth-order valence-electron chi connectivity index (χ4n) is 1.42. The monoisotopic (exact) mass is 221 g/mol. The highest BCUT2D eigenvalue weighted by Gasteiger charge is 2.27. The van der Waals surface area contributed by atoms with Crippen molar-refractivity contribution in [3.8, 4) is 6.07 Å². The smallest absolute Gasteiger partial charge is 0.0995 e. The van der Waals surface area contributed by atoms with Gasteiger partial charge in [-0.1, -0.05) is 22.0 Å². The normalized spacial score (nSPS) is 15.7. The molecule has 1 saturated carbocycles. The van der Waals surface area contributed by atoms with E-state index < -0.39 is 0 Å². The van der Waals surface area contributed by atoms with Gasteiger partial charge in [-0.25, -0.2) is 0 Å². The van der Waals surface area contributed by atoms with Gasteiger partial charge < -0.3 is 0 Å². The van der Waals surface area contributed by atoms with Crippen LogP contribution in [0.3, 0.4) is 0 Å². The summed E-state index contributed by atoms with van der Waals surface area (Å²) in [4.78, 5) is 0. The first-order valence-electron chi connectivity index (χ1n) is 4.01. The lowest BCUT2D eigenvalue weighted by atomic mass is 10.0. The van der Waals surface area contributed by atoms with Crippen molar-refractivity contribution in [1.29, 1.82) is 5.26 Å². The predicted octanol–water partition coefficient (Wildman–Crippen LogP) is 3.20. The van der Waals surface area contributed by atoms with Crippen LogP contribution in [0, 0.1) is 11.3 Å². The summed E-state index contributed by atoms with van der Waals surface area (Å²) < 4.78 is 1.09. The van der Waals surface area contributed by atoms with E-state index in [2.05, 4.69) is 22.0 Å². The Morgan fingerprint density at radius 1 is 1.42 bits per heavy atom. The number of hydrogen-bond donors (Lipinski definition) is 0. The molecule has 2 rings (SSSR count). The minimum absolute atomic E-state index is 0.634. The third-order valence-corrected chi connectivity index (χ3v) is 2.85. The molecule has 1 aromatic carbocycles.